The van der Waals surface area contributed by atoms with Crippen molar-refractivity contribution in [3.63, 3.8) is 0 Å². The minimum Gasteiger partial charge on any atom is -0.352 e. The van der Waals surface area contributed by atoms with E-state index in [1.165, 1.54) is 10.7 Å². The number of aryl methyl sites for hydroxylation is 2. The number of hydrogen-bond acceptors (Lipinski definition) is 3. The Hall–Kier alpha value is -2.43. The predicted molar refractivity (Wildman–Crippen MR) is 93.8 cm³/mol. The average Bonchev–Trinajstić information content (AvgIpc) is 3.05. The maximum absolute atomic E-state index is 12.2. The number of amides is 1. The number of hydrogen-bond donors (Lipinski definition) is 1. The highest BCUT2D eigenvalue weighted by molar-refractivity contribution is 5.76. The number of nitrogens with one attached hydrogen (secondary N) is 1. The van der Waals surface area contributed by atoms with Crippen molar-refractivity contribution < 1.29 is 4.79 Å². The second-order valence-electron chi connectivity index (χ2n) is 6.58. The highest BCUT2D eigenvalue weighted by Crippen LogP contribution is 2.21. The van der Waals surface area contributed by atoms with Gasteiger partial charge in [-0.25, -0.2) is 4.68 Å². The summed E-state index contributed by atoms with van der Waals surface area (Å²) >= 11 is 0. The van der Waals surface area contributed by atoms with Crippen LogP contribution in [0.1, 0.15) is 36.8 Å². The van der Waals surface area contributed by atoms with E-state index in [1.807, 2.05) is 32.0 Å². The van der Waals surface area contributed by atoms with E-state index in [0.29, 0.717) is 5.69 Å². The Morgan fingerprint density at radius 1 is 1.21 bits per heavy atom. The highest BCUT2D eigenvalue weighted by atomic mass is 16.2. The van der Waals surface area contributed by atoms with Crippen LogP contribution in [0.4, 0.5) is 0 Å². The summed E-state index contributed by atoms with van der Waals surface area (Å²) in [5.41, 5.74) is 3.66. The molecule has 1 aliphatic rings. The van der Waals surface area contributed by atoms with Gasteiger partial charge in [0.15, 0.2) is 0 Å². The van der Waals surface area contributed by atoms with Crippen molar-refractivity contribution in [1.29, 1.82) is 0 Å². The number of benzene rings is 1. The molecule has 0 spiro atoms. The van der Waals surface area contributed by atoms with E-state index in [1.54, 1.807) is 6.07 Å². The van der Waals surface area contributed by atoms with E-state index in [0.717, 1.165) is 42.4 Å². The lowest BCUT2D eigenvalue weighted by molar-refractivity contribution is -0.122. The standard InChI is InChI=1S/C19H23N3O2/c1-13-7-8-14(2)16(11-13)17-9-10-19(24)22(21-17)12-18(23)20-15-5-3-4-6-15/h7-11,15H,3-6,12H2,1-2H3,(H,20,23). The Bertz CT molecular complexity index is 804. The molecule has 1 amide bonds. The van der Waals surface area contributed by atoms with Gasteiger partial charge in [0.25, 0.3) is 5.56 Å². The molecular weight excluding hydrogens is 302 g/mol. The van der Waals surface area contributed by atoms with Crippen molar-refractivity contribution in [2.75, 3.05) is 0 Å². The van der Waals surface area contributed by atoms with E-state index in [9.17, 15) is 9.59 Å². The van der Waals surface area contributed by atoms with Crippen LogP contribution in [0.25, 0.3) is 11.3 Å². The van der Waals surface area contributed by atoms with Gasteiger partial charge in [-0.05, 0) is 44.4 Å². The lowest BCUT2D eigenvalue weighted by Crippen LogP contribution is -2.38. The van der Waals surface area contributed by atoms with E-state index < -0.39 is 0 Å². The molecule has 0 radical (unpaired) electrons. The molecule has 24 heavy (non-hydrogen) atoms. The third-order valence-electron chi connectivity index (χ3n) is 4.55. The molecule has 5 heteroatoms. The third-order valence-corrected chi connectivity index (χ3v) is 4.55. The van der Waals surface area contributed by atoms with Crippen LogP contribution < -0.4 is 10.9 Å². The van der Waals surface area contributed by atoms with Crippen LogP contribution in [-0.4, -0.2) is 21.7 Å². The highest BCUT2D eigenvalue weighted by Gasteiger charge is 2.18. The third kappa shape index (κ3) is 3.72. The van der Waals surface area contributed by atoms with Crippen LogP contribution in [-0.2, 0) is 11.3 Å². The number of carbonyl (C=O) groups excluding carboxylic acids is 1. The van der Waals surface area contributed by atoms with Crippen molar-refractivity contribution in [2.24, 2.45) is 0 Å². The topological polar surface area (TPSA) is 64.0 Å². The summed E-state index contributed by atoms with van der Waals surface area (Å²) < 4.78 is 1.25. The van der Waals surface area contributed by atoms with Crippen molar-refractivity contribution in [3.8, 4) is 11.3 Å². The molecule has 1 saturated carbocycles. The van der Waals surface area contributed by atoms with Crippen molar-refractivity contribution in [3.05, 3.63) is 51.8 Å². The predicted octanol–water partition coefficient (Wildman–Crippen LogP) is 2.59. The van der Waals surface area contributed by atoms with Gasteiger partial charge >= 0.3 is 0 Å². The lowest BCUT2D eigenvalue weighted by Gasteiger charge is -2.13. The molecule has 126 valence electrons. The summed E-state index contributed by atoms with van der Waals surface area (Å²) in [6.07, 6.45) is 4.36. The first-order valence-electron chi connectivity index (χ1n) is 8.48. The Morgan fingerprint density at radius 2 is 1.96 bits per heavy atom. The van der Waals surface area contributed by atoms with E-state index in [4.69, 9.17) is 0 Å². The second-order valence-corrected chi connectivity index (χ2v) is 6.58. The molecule has 1 aliphatic carbocycles. The van der Waals surface area contributed by atoms with Crippen molar-refractivity contribution >= 4 is 5.91 Å². The van der Waals surface area contributed by atoms with Crippen LogP contribution in [0.2, 0.25) is 0 Å². The van der Waals surface area contributed by atoms with Gasteiger partial charge in [-0.2, -0.15) is 5.10 Å². The fourth-order valence-electron chi connectivity index (χ4n) is 3.20. The van der Waals surface area contributed by atoms with Crippen LogP contribution in [0.5, 0.6) is 0 Å². The first-order valence-corrected chi connectivity index (χ1v) is 8.48. The first-order chi connectivity index (χ1) is 11.5. The quantitative estimate of drug-likeness (QED) is 0.940. The Kier molecular flexibility index (Phi) is 4.79. The Balaban J connectivity index is 1.82. The summed E-state index contributed by atoms with van der Waals surface area (Å²) in [5, 5.41) is 7.40. The molecular formula is C19H23N3O2. The molecule has 1 N–H and O–H groups in total. The molecule has 0 aliphatic heterocycles. The van der Waals surface area contributed by atoms with Gasteiger partial charge in [-0.1, -0.05) is 30.5 Å². The summed E-state index contributed by atoms with van der Waals surface area (Å²) in [4.78, 5) is 24.2. The van der Waals surface area contributed by atoms with Crippen LogP contribution in [0, 0.1) is 13.8 Å². The Morgan fingerprint density at radius 3 is 2.71 bits per heavy atom. The smallest absolute Gasteiger partial charge is 0.267 e. The fourth-order valence-corrected chi connectivity index (χ4v) is 3.20. The van der Waals surface area contributed by atoms with E-state index >= 15 is 0 Å². The van der Waals surface area contributed by atoms with Gasteiger partial charge in [0.05, 0.1) is 5.69 Å². The van der Waals surface area contributed by atoms with Crippen molar-refractivity contribution in [1.82, 2.24) is 15.1 Å². The van der Waals surface area contributed by atoms with Crippen molar-refractivity contribution in [2.45, 2.75) is 52.1 Å². The average molecular weight is 325 g/mol. The van der Waals surface area contributed by atoms with Gasteiger partial charge in [-0.15, -0.1) is 0 Å². The molecule has 1 fully saturated rings. The van der Waals surface area contributed by atoms with Gasteiger partial charge in [0, 0.05) is 17.7 Å². The number of aromatic nitrogens is 2. The zero-order chi connectivity index (χ0) is 17.1. The van der Waals surface area contributed by atoms with Gasteiger partial charge in [0.1, 0.15) is 6.54 Å². The van der Waals surface area contributed by atoms with E-state index in [2.05, 4.69) is 10.4 Å². The van der Waals surface area contributed by atoms with E-state index in [-0.39, 0.29) is 24.1 Å². The largest absolute Gasteiger partial charge is 0.352 e. The molecule has 0 atom stereocenters. The summed E-state index contributed by atoms with van der Waals surface area (Å²) in [6.45, 7) is 4.00. The zero-order valence-corrected chi connectivity index (χ0v) is 14.2. The minimum absolute atomic E-state index is 0.0337. The minimum atomic E-state index is -0.259. The number of carbonyl (C=O) groups is 1. The molecule has 2 aromatic rings. The lowest BCUT2D eigenvalue weighted by atomic mass is 10.0. The summed E-state index contributed by atoms with van der Waals surface area (Å²) in [5.74, 6) is -0.144. The molecule has 5 nitrogen and oxygen atoms in total. The molecule has 0 unspecified atom stereocenters. The maximum atomic E-state index is 12.2. The van der Waals surface area contributed by atoms with Crippen LogP contribution in [0.3, 0.4) is 0 Å². The molecule has 3 rings (SSSR count). The summed E-state index contributed by atoms with van der Waals surface area (Å²) in [7, 11) is 0. The maximum Gasteiger partial charge on any atom is 0.267 e. The van der Waals surface area contributed by atoms with Gasteiger partial charge in [-0.3, -0.25) is 9.59 Å². The SMILES string of the molecule is Cc1ccc(C)c(-c2ccc(=O)n(CC(=O)NC3CCCC3)n2)c1. The van der Waals surface area contributed by atoms with Crippen LogP contribution >= 0.6 is 0 Å². The first kappa shape index (κ1) is 16.4. The number of nitrogens with zero attached hydrogens (tertiary/aromatic N) is 2. The fraction of sp³-hybridized carbons (Fsp3) is 0.421. The van der Waals surface area contributed by atoms with Crippen LogP contribution in [0.15, 0.2) is 35.1 Å². The zero-order valence-electron chi connectivity index (χ0n) is 14.2. The second kappa shape index (κ2) is 6.99. The summed E-state index contributed by atoms with van der Waals surface area (Å²) in [6, 6.07) is 9.57. The normalized spacial score (nSPS) is 14.8. The Labute approximate surface area is 141 Å². The molecule has 1 aromatic heterocycles. The molecule has 0 saturated heterocycles. The monoisotopic (exact) mass is 325 g/mol. The molecule has 1 heterocycles. The molecule has 1 aromatic carbocycles. The molecule has 0 bridgehead atoms. The number of rotatable bonds is 4. The van der Waals surface area contributed by atoms with Gasteiger partial charge < -0.3 is 5.32 Å². The van der Waals surface area contributed by atoms with Gasteiger partial charge in [0.2, 0.25) is 5.91 Å².